The quantitative estimate of drug-likeness (QED) is 0.908. The molecule has 1 aliphatic heterocycles. The van der Waals surface area contributed by atoms with Crippen molar-refractivity contribution in [1.29, 1.82) is 0 Å². The summed E-state index contributed by atoms with van der Waals surface area (Å²) in [5.41, 5.74) is 1.53. The molecule has 2 aromatic rings. The maximum atomic E-state index is 12.2. The Labute approximate surface area is 126 Å². The number of hydrogen-bond acceptors (Lipinski definition) is 4. The zero-order valence-corrected chi connectivity index (χ0v) is 12.2. The Bertz CT molecular complexity index is 637. The second kappa shape index (κ2) is 6.05. The second-order valence-electron chi connectivity index (χ2n) is 4.87. The first kappa shape index (κ1) is 13.8. The topological polar surface area (TPSA) is 71.1 Å². The van der Waals surface area contributed by atoms with Crippen LogP contribution in [0.1, 0.15) is 23.2 Å². The molecule has 1 atom stereocenters. The van der Waals surface area contributed by atoms with Gasteiger partial charge < -0.3 is 10.6 Å². The standard InChI is InChI=1S/C15H15N3O2S/c19-13(18-12-2-1-7-16-14(12)20)10-3-5-11(6-4-10)15-17-8-9-21-15/h3-6,8-9,12H,1-2,7H2,(H,16,20)(H,18,19)/t12-/m1/s1. The van der Waals surface area contributed by atoms with Crippen molar-refractivity contribution in [1.82, 2.24) is 15.6 Å². The number of amides is 2. The summed E-state index contributed by atoms with van der Waals surface area (Å²) in [6.07, 6.45) is 3.33. The summed E-state index contributed by atoms with van der Waals surface area (Å²) in [7, 11) is 0. The van der Waals surface area contributed by atoms with Gasteiger partial charge in [0.05, 0.1) is 0 Å². The summed E-state index contributed by atoms with van der Waals surface area (Å²) in [4.78, 5) is 28.0. The smallest absolute Gasteiger partial charge is 0.251 e. The molecule has 0 spiro atoms. The van der Waals surface area contributed by atoms with Gasteiger partial charge in [-0.05, 0) is 25.0 Å². The van der Waals surface area contributed by atoms with Crippen LogP contribution in [0.4, 0.5) is 0 Å². The number of hydrogen-bond donors (Lipinski definition) is 2. The molecule has 0 bridgehead atoms. The molecule has 1 saturated heterocycles. The first-order valence-electron chi connectivity index (χ1n) is 6.82. The molecule has 5 nitrogen and oxygen atoms in total. The average molecular weight is 301 g/mol. The zero-order valence-electron chi connectivity index (χ0n) is 11.3. The predicted octanol–water partition coefficient (Wildman–Crippen LogP) is 1.82. The normalized spacial score (nSPS) is 18.1. The van der Waals surface area contributed by atoms with Gasteiger partial charge in [-0.25, -0.2) is 4.98 Å². The average Bonchev–Trinajstić information content (AvgIpc) is 3.04. The molecule has 6 heteroatoms. The Morgan fingerprint density at radius 3 is 2.81 bits per heavy atom. The van der Waals surface area contributed by atoms with Crippen LogP contribution in [-0.2, 0) is 4.79 Å². The van der Waals surface area contributed by atoms with Crippen LogP contribution in [-0.4, -0.2) is 29.4 Å². The van der Waals surface area contributed by atoms with Gasteiger partial charge in [0.1, 0.15) is 11.0 Å². The van der Waals surface area contributed by atoms with E-state index in [0.29, 0.717) is 18.5 Å². The molecular formula is C15H15N3O2S. The maximum Gasteiger partial charge on any atom is 0.251 e. The number of rotatable bonds is 3. The third-order valence-corrected chi connectivity index (χ3v) is 4.24. The van der Waals surface area contributed by atoms with Gasteiger partial charge in [-0.2, -0.15) is 0 Å². The summed E-state index contributed by atoms with van der Waals surface area (Å²) in [6.45, 7) is 0.688. The highest BCUT2D eigenvalue weighted by atomic mass is 32.1. The molecule has 0 unspecified atom stereocenters. The monoisotopic (exact) mass is 301 g/mol. The highest BCUT2D eigenvalue weighted by Gasteiger charge is 2.23. The molecule has 2 N–H and O–H groups in total. The van der Waals surface area contributed by atoms with Crippen molar-refractivity contribution in [3.05, 3.63) is 41.4 Å². The summed E-state index contributed by atoms with van der Waals surface area (Å²) in [5.74, 6) is -0.322. The lowest BCUT2D eigenvalue weighted by Crippen LogP contribution is -2.50. The van der Waals surface area contributed by atoms with Crippen molar-refractivity contribution in [3.63, 3.8) is 0 Å². The lowest BCUT2D eigenvalue weighted by molar-refractivity contribution is -0.124. The van der Waals surface area contributed by atoms with E-state index in [-0.39, 0.29) is 11.8 Å². The van der Waals surface area contributed by atoms with Crippen LogP contribution < -0.4 is 10.6 Å². The number of carbonyl (C=O) groups excluding carboxylic acids is 2. The molecule has 1 fully saturated rings. The number of thiazole rings is 1. The molecular weight excluding hydrogens is 286 g/mol. The van der Waals surface area contributed by atoms with Gasteiger partial charge >= 0.3 is 0 Å². The number of carbonyl (C=O) groups is 2. The lowest BCUT2D eigenvalue weighted by atomic mass is 10.1. The predicted molar refractivity (Wildman–Crippen MR) is 81.0 cm³/mol. The molecule has 0 saturated carbocycles. The molecule has 1 aromatic heterocycles. The van der Waals surface area contributed by atoms with Gasteiger partial charge in [-0.15, -0.1) is 11.3 Å². The van der Waals surface area contributed by atoms with Crippen molar-refractivity contribution in [3.8, 4) is 10.6 Å². The molecule has 21 heavy (non-hydrogen) atoms. The number of benzene rings is 1. The first-order chi connectivity index (χ1) is 10.2. The first-order valence-corrected chi connectivity index (χ1v) is 7.70. The van der Waals surface area contributed by atoms with Crippen molar-refractivity contribution >= 4 is 23.2 Å². The van der Waals surface area contributed by atoms with Crippen LogP contribution in [0.15, 0.2) is 35.8 Å². The fourth-order valence-corrected chi connectivity index (χ4v) is 2.93. The van der Waals surface area contributed by atoms with Crippen molar-refractivity contribution < 1.29 is 9.59 Å². The number of aromatic nitrogens is 1. The van der Waals surface area contributed by atoms with E-state index < -0.39 is 6.04 Å². The van der Waals surface area contributed by atoms with Crippen LogP contribution in [0.5, 0.6) is 0 Å². The van der Waals surface area contributed by atoms with Crippen molar-refractivity contribution in [2.45, 2.75) is 18.9 Å². The number of nitrogens with one attached hydrogen (secondary N) is 2. The minimum atomic E-state index is -0.426. The molecule has 108 valence electrons. The van der Waals surface area contributed by atoms with Gasteiger partial charge in [0.25, 0.3) is 5.91 Å². The third-order valence-electron chi connectivity index (χ3n) is 3.42. The Hall–Kier alpha value is -2.21. The number of piperidine rings is 1. The van der Waals surface area contributed by atoms with Gasteiger partial charge in [0.2, 0.25) is 5.91 Å². The van der Waals surface area contributed by atoms with Crippen LogP contribution >= 0.6 is 11.3 Å². The fourth-order valence-electron chi connectivity index (χ4n) is 2.28. The van der Waals surface area contributed by atoms with Gasteiger partial charge in [0, 0.05) is 29.2 Å². The summed E-state index contributed by atoms with van der Waals surface area (Å²) in [5, 5.41) is 8.37. The molecule has 3 rings (SSSR count). The molecule has 0 radical (unpaired) electrons. The lowest BCUT2D eigenvalue weighted by Gasteiger charge is -2.22. The van der Waals surface area contributed by atoms with Crippen LogP contribution in [0.2, 0.25) is 0 Å². The van der Waals surface area contributed by atoms with E-state index in [1.165, 1.54) is 0 Å². The van der Waals surface area contributed by atoms with Gasteiger partial charge in [0.15, 0.2) is 0 Å². The minimum Gasteiger partial charge on any atom is -0.354 e. The fraction of sp³-hybridized carbons (Fsp3) is 0.267. The van der Waals surface area contributed by atoms with E-state index >= 15 is 0 Å². The summed E-state index contributed by atoms with van der Waals surface area (Å²) >= 11 is 1.55. The number of nitrogens with zero attached hydrogens (tertiary/aromatic N) is 1. The molecule has 0 aliphatic carbocycles. The Morgan fingerprint density at radius 1 is 1.33 bits per heavy atom. The third kappa shape index (κ3) is 3.11. The van der Waals surface area contributed by atoms with E-state index in [9.17, 15) is 9.59 Å². The summed E-state index contributed by atoms with van der Waals surface area (Å²) in [6, 6.07) is 6.83. The summed E-state index contributed by atoms with van der Waals surface area (Å²) < 4.78 is 0. The molecule has 1 aliphatic rings. The zero-order chi connectivity index (χ0) is 14.7. The SMILES string of the molecule is O=C(N[C@@H]1CCCNC1=O)c1ccc(-c2nccs2)cc1. The molecule has 1 aromatic carbocycles. The maximum absolute atomic E-state index is 12.2. The Kier molecular flexibility index (Phi) is 3.96. The van der Waals surface area contributed by atoms with E-state index in [1.54, 1.807) is 29.7 Å². The van der Waals surface area contributed by atoms with Crippen molar-refractivity contribution in [2.75, 3.05) is 6.54 Å². The van der Waals surface area contributed by atoms with E-state index in [0.717, 1.165) is 17.0 Å². The largest absolute Gasteiger partial charge is 0.354 e. The van der Waals surface area contributed by atoms with Gasteiger partial charge in [-0.1, -0.05) is 12.1 Å². The van der Waals surface area contributed by atoms with Crippen LogP contribution in [0.3, 0.4) is 0 Å². The highest BCUT2D eigenvalue weighted by molar-refractivity contribution is 7.13. The van der Waals surface area contributed by atoms with E-state index in [2.05, 4.69) is 15.6 Å². The highest BCUT2D eigenvalue weighted by Crippen LogP contribution is 2.21. The Balaban J connectivity index is 1.69. The van der Waals surface area contributed by atoms with Crippen LogP contribution in [0, 0.1) is 0 Å². The van der Waals surface area contributed by atoms with E-state index in [1.807, 2.05) is 17.5 Å². The van der Waals surface area contributed by atoms with Crippen LogP contribution in [0.25, 0.3) is 10.6 Å². The van der Waals surface area contributed by atoms with Gasteiger partial charge in [-0.3, -0.25) is 9.59 Å². The molecule has 2 amide bonds. The molecule has 2 heterocycles. The minimum absolute atomic E-state index is 0.103. The van der Waals surface area contributed by atoms with Crippen molar-refractivity contribution in [2.24, 2.45) is 0 Å². The Morgan fingerprint density at radius 2 is 2.14 bits per heavy atom. The second-order valence-corrected chi connectivity index (χ2v) is 5.77. The van der Waals surface area contributed by atoms with E-state index in [4.69, 9.17) is 0 Å².